The lowest BCUT2D eigenvalue weighted by Crippen LogP contribution is -2.41. The van der Waals surface area contributed by atoms with Crippen molar-refractivity contribution < 1.29 is 23.0 Å². The maximum atomic E-state index is 13.1. The van der Waals surface area contributed by atoms with E-state index in [0.717, 1.165) is 25.7 Å². The summed E-state index contributed by atoms with van der Waals surface area (Å²) in [4.78, 5) is 12.1. The van der Waals surface area contributed by atoms with Crippen LogP contribution in [0, 0.1) is 5.92 Å². The monoisotopic (exact) mass is 317 g/mol. The van der Waals surface area contributed by atoms with E-state index in [1.807, 2.05) is 0 Å². The second-order valence-electron chi connectivity index (χ2n) is 6.90. The highest BCUT2D eigenvalue weighted by Gasteiger charge is 2.42. The van der Waals surface area contributed by atoms with Crippen LogP contribution < -0.4 is 5.32 Å². The van der Waals surface area contributed by atoms with Crippen LogP contribution in [0.5, 0.6) is 0 Å². The summed E-state index contributed by atoms with van der Waals surface area (Å²) in [6.07, 6.45) is 5.37. The molecule has 1 aliphatic heterocycles. The van der Waals surface area contributed by atoms with Crippen molar-refractivity contribution in [3.05, 3.63) is 0 Å². The van der Waals surface area contributed by atoms with E-state index in [2.05, 4.69) is 5.32 Å². The van der Waals surface area contributed by atoms with Gasteiger partial charge in [-0.15, -0.1) is 0 Å². The van der Waals surface area contributed by atoms with Gasteiger partial charge in [0.1, 0.15) is 6.10 Å². The first-order chi connectivity index (χ1) is 10.5. The molecular weight excluding hydrogens is 292 g/mol. The predicted molar refractivity (Wildman–Crippen MR) is 76.6 cm³/mol. The Hall–Kier alpha value is -0.750. The zero-order valence-corrected chi connectivity index (χ0v) is 12.9. The zero-order valence-electron chi connectivity index (χ0n) is 12.9. The van der Waals surface area contributed by atoms with E-state index in [9.17, 15) is 13.6 Å². The third kappa shape index (κ3) is 3.77. The van der Waals surface area contributed by atoms with Gasteiger partial charge >= 0.3 is 0 Å². The average Bonchev–Trinajstić information content (AvgIpc) is 2.88. The number of rotatable bonds is 3. The molecule has 1 amide bonds. The minimum absolute atomic E-state index is 0.118. The average molecular weight is 317 g/mol. The van der Waals surface area contributed by atoms with Gasteiger partial charge in [0.25, 0.3) is 0 Å². The number of hydrogen-bond donors (Lipinski definition) is 1. The summed E-state index contributed by atoms with van der Waals surface area (Å²) in [7, 11) is 0. The Bertz CT molecular complexity index is 400. The van der Waals surface area contributed by atoms with E-state index in [1.165, 1.54) is 6.42 Å². The van der Waals surface area contributed by atoms with E-state index in [1.54, 1.807) is 0 Å². The molecule has 1 spiro atoms. The van der Waals surface area contributed by atoms with Crippen LogP contribution in [0.25, 0.3) is 0 Å². The van der Waals surface area contributed by atoms with E-state index in [4.69, 9.17) is 9.47 Å². The molecule has 1 N–H and O–H groups in total. The van der Waals surface area contributed by atoms with Gasteiger partial charge in [0.05, 0.1) is 6.61 Å². The van der Waals surface area contributed by atoms with Gasteiger partial charge in [0, 0.05) is 38.1 Å². The van der Waals surface area contributed by atoms with Gasteiger partial charge in [-0.05, 0) is 25.7 Å². The van der Waals surface area contributed by atoms with Crippen molar-refractivity contribution in [2.24, 2.45) is 5.92 Å². The van der Waals surface area contributed by atoms with Crippen LogP contribution in [0.3, 0.4) is 0 Å². The highest BCUT2D eigenvalue weighted by Crippen LogP contribution is 2.38. The molecule has 22 heavy (non-hydrogen) atoms. The Kier molecular flexibility index (Phi) is 4.69. The van der Waals surface area contributed by atoms with Crippen molar-refractivity contribution in [1.29, 1.82) is 0 Å². The van der Waals surface area contributed by atoms with Gasteiger partial charge < -0.3 is 14.8 Å². The van der Waals surface area contributed by atoms with Crippen molar-refractivity contribution >= 4 is 5.91 Å². The molecule has 0 radical (unpaired) electrons. The minimum atomic E-state index is -2.59. The maximum Gasteiger partial charge on any atom is 0.248 e. The number of nitrogens with one attached hydrogen (secondary N) is 1. The van der Waals surface area contributed by atoms with Gasteiger partial charge in [-0.1, -0.05) is 6.42 Å². The zero-order chi connectivity index (χ0) is 15.6. The molecule has 0 aromatic carbocycles. The molecule has 1 saturated heterocycles. The Morgan fingerprint density at radius 2 is 1.77 bits per heavy atom. The van der Waals surface area contributed by atoms with E-state index < -0.39 is 11.7 Å². The fraction of sp³-hybridized carbons (Fsp3) is 0.938. The number of carbonyl (C=O) groups is 1. The molecule has 2 aliphatic carbocycles. The van der Waals surface area contributed by atoms with Crippen molar-refractivity contribution in [2.75, 3.05) is 13.2 Å². The lowest BCUT2D eigenvalue weighted by Gasteiger charge is -2.32. The van der Waals surface area contributed by atoms with Crippen LogP contribution in [0.2, 0.25) is 0 Å². The van der Waals surface area contributed by atoms with Gasteiger partial charge in [-0.2, -0.15) is 0 Å². The number of amides is 1. The Balaban J connectivity index is 1.40. The van der Waals surface area contributed by atoms with Crippen molar-refractivity contribution in [2.45, 2.75) is 75.6 Å². The summed E-state index contributed by atoms with van der Waals surface area (Å²) in [6.45, 7) is 0.913. The number of ether oxygens (including phenoxy) is 2. The highest BCUT2D eigenvalue weighted by molar-refractivity contribution is 5.78. The van der Waals surface area contributed by atoms with Crippen LogP contribution in [0.4, 0.5) is 8.78 Å². The molecule has 1 heterocycles. The van der Waals surface area contributed by atoms with Crippen LogP contribution >= 0.6 is 0 Å². The van der Waals surface area contributed by atoms with Crippen molar-refractivity contribution in [1.82, 2.24) is 5.32 Å². The van der Waals surface area contributed by atoms with Gasteiger partial charge in [0.2, 0.25) is 11.8 Å². The standard InChI is InChI=1S/C16H25F2NO3/c17-15(18)8-4-12(5-9-15)14(20)19-10-13-11-21-16(22-13)6-2-1-3-7-16/h12-13H,1-11H2,(H,19,20)/t13-/m0/s1. The first-order valence-electron chi connectivity index (χ1n) is 8.45. The normalized spacial score (nSPS) is 31.3. The summed E-state index contributed by atoms with van der Waals surface area (Å²) >= 11 is 0. The first-order valence-corrected chi connectivity index (χ1v) is 8.45. The number of halogens is 2. The number of hydrogen-bond acceptors (Lipinski definition) is 3. The molecule has 0 aromatic heterocycles. The molecule has 0 bridgehead atoms. The van der Waals surface area contributed by atoms with Crippen molar-refractivity contribution in [3.63, 3.8) is 0 Å². The predicted octanol–water partition coefficient (Wildman–Crippen LogP) is 3.00. The minimum Gasteiger partial charge on any atom is -0.353 e. The van der Waals surface area contributed by atoms with Gasteiger partial charge in [0.15, 0.2) is 5.79 Å². The van der Waals surface area contributed by atoms with Crippen LogP contribution in [-0.2, 0) is 14.3 Å². The molecule has 6 heteroatoms. The molecule has 0 aromatic rings. The lowest BCUT2D eigenvalue weighted by atomic mass is 9.86. The lowest BCUT2D eigenvalue weighted by molar-refractivity contribution is -0.186. The quantitative estimate of drug-likeness (QED) is 0.870. The first kappa shape index (κ1) is 16.1. The topological polar surface area (TPSA) is 47.6 Å². The molecule has 3 rings (SSSR count). The van der Waals surface area contributed by atoms with E-state index in [-0.39, 0.29) is 43.6 Å². The largest absolute Gasteiger partial charge is 0.353 e. The molecule has 126 valence electrons. The molecule has 3 fully saturated rings. The van der Waals surface area contributed by atoms with Crippen LogP contribution in [-0.4, -0.2) is 36.9 Å². The van der Waals surface area contributed by atoms with Crippen LogP contribution in [0.1, 0.15) is 57.8 Å². The number of alkyl halides is 2. The smallest absolute Gasteiger partial charge is 0.248 e. The van der Waals surface area contributed by atoms with Crippen LogP contribution in [0.15, 0.2) is 0 Å². The molecule has 2 saturated carbocycles. The Labute approximate surface area is 129 Å². The second-order valence-corrected chi connectivity index (χ2v) is 6.90. The summed E-state index contributed by atoms with van der Waals surface area (Å²) < 4.78 is 38.0. The van der Waals surface area contributed by atoms with Gasteiger partial charge in [-0.25, -0.2) is 8.78 Å². The third-order valence-corrected chi connectivity index (χ3v) is 5.12. The SMILES string of the molecule is O=C(NC[C@H]1COC2(CCCCC2)O1)C1CCC(F)(F)CC1. The van der Waals surface area contributed by atoms with Crippen molar-refractivity contribution in [3.8, 4) is 0 Å². The molecule has 1 atom stereocenters. The summed E-state index contributed by atoms with van der Waals surface area (Å²) in [5.74, 6) is -3.43. The summed E-state index contributed by atoms with van der Waals surface area (Å²) in [6, 6.07) is 0. The second kappa shape index (κ2) is 6.40. The van der Waals surface area contributed by atoms with Gasteiger partial charge in [-0.3, -0.25) is 4.79 Å². The fourth-order valence-corrected chi connectivity index (χ4v) is 3.73. The molecule has 0 unspecified atom stereocenters. The molecular formula is C16H25F2NO3. The maximum absolute atomic E-state index is 13.1. The molecule has 3 aliphatic rings. The fourth-order valence-electron chi connectivity index (χ4n) is 3.73. The third-order valence-electron chi connectivity index (χ3n) is 5.12. The highest BCUT2D eigenvalue weighted by atomic mass is 19.3. The molecule has 4 nitrogen and oxygen atoms in total. The Morgan fingerprint density at radius 3 is 2.45 bits per heavy atom. The summed E-state index contributed by atoms with van der Waals surface area (Å²) in [5.41, 5.74) is 0. The Morgan fingerprint density at radius 1 is 1.09 bits per heavy atom. The summed E-state index contributed by atoms with van der Waals surface area (Å²) in [5, 5.41) is 2.85. The number of carbonyl (C=O) groups excluding carboxylic acids is 1. The van der Waals surface area contributed by atoms with E-state index in [0.29, 0.717) is 13.2 Å². The van der Waals surface area contributed by atoms with E-state index >= 15 is 0 Å².